The quantitative estimate of drug-likeness (QED) is 0.681. The van der Waals surface area contributed by atoms with E-state index in [4.69, 9.17) is 9.15 Å². The Balaban J connectivity index is 1.71. The molecule has 0 saturated heterocycles. The van der Waals surface area contributed by atoms with Crippen LogP contribution in [-0.2, 0) is 16.2 Å². The number of esters is 1. The fourth-order valence-electron chi connectivity index (χ4n) is 2.54. The average Bonchev–Trinajstić information content (AvgIpc) is 3.07. The van der Waals surface area contributed by atoms with Crippen LogP contribution in [0.3, 0.4) is 0 Å². The number of hydrogen-bond acceptors (Lipinski definition) is 7. The Hall–Kier alpha value is -2.06. The van der Waals surface area contributed by atoms with Gasteiger partial charge in [0.25, 0.3) is 5.56 Å². The molecule has 0 radical (unpaired) electrons. The summed E-state index contributed by atoms with van der Waals surface area (Å²) in [7, 11) is 1.34. The number of carbonyl (C=O) groups excluding carboxylic acids is 1. The highest BCUT2D eigenvalue weighted by Gasteiger charge is 2.16. The number of fused-ring (bicyclic) bond motifs is 1. The van der Waals surface area contributed by atoms with Gasteiger partial charge in [-0.15, -0.1) is 23.1 Å². The van der Waals surface area contributed by atoms with Crippen molar-refractivity contribution in [1.82, 2.24) is 9.97 Å². The lowest BCUT2D eigenvalue weighted by atomic mass is 10.2. The number of furan rings is 1. The molecule has 3 heterocycles. The summed E-state index contributed by atoms with van der Waals surface area (Å²) in [4.78, 5) is 33.1. The third-order valence-electron chi connectivity index (χ3n) is 3.95. The van der Waals surface area contributed by atoms with Gasteiger partial charge in [-0.05, 0) is 32.4 Å². The van der Waals surface area contributed by atoms with Crippen LogP contribution in [0.4, 0.5) is 0 Å². The molecule has 3 aromatic rings. The van der Waals surface area contributed by atoms with Gasteiger partial charge in [-0.25, -0.2) is 9.78 Å². The number of aromatic amines is 1. The van der Waals surface area contributed by atoms with Crippen molar-refractivity contribution in [1.29, 1.82) is 0 Å². The molecule has 3 aromatic heterocycles. The highest BCUT2D eigenvalue weighted by atomic mass is 32.2. The number of nitrogens with zero attached hydrogens (tertiary/aromatic N) is 1. The molecule has 0 amide bonds. The van der Waals surface area contributed by atoms with Crippen molar-refractivity contribution in [3.05, 3.63) is 49.8 Å². The van der Waals surface area contributed by atoms with E-state index in [1.807, 2.05) is 13.8 Å². The maximum absolute atomic E-state index is 12.3. The van der Waals surface area contributed by atoms with Crippen molar-refractivity contribution < 1.29 is 13.9 Å². The zero-order valence-corrected chi connectivity index (χ0v) is 16.0. The Morgan fingerprint density at radius 1 is 1.36 bits per heavy atom. The highest BCUT2D eigenvalue weighted by molar-refractivity contribution is 7.97. The number of ether oxygens (including phenoxy) is 1. The summed E-state index contributed by atoms with van der Waals surface area (Å²) in [6, 6.07) is 1.69. The number of H-pyrrole nitrogens is 1. The molecule has 6 nitrogen and oxygen atoms in total. The van der Waals surface area contributed by atoms with Gasteiger partial charge in [-0.2, -0.15) is 0 Å². The molecular formula is C17H18N2O4S2. The number of carbonyl (C=O) groups is 1. The van der Waals surface area contributed by atoms with Crippen LogP contribution in [-0.4, -0.2) is 23.0 Å². The minimum Gasteiger partial charge on any atom is -0.465 e. The predicted molar refractivity (Wildman–Crippen MR) is 99.5 cm³/mol. The maximum Gasteiger partial charge on any atom is 0.341 e. The number of aryl methyl sites for hydroxylation is 3. The monoisotopic (exact) mass is 378 g/mol. The van der Waals surface area contributed by atoms with Crippen LogP contribution in [0.25, 0.3) is 10.2 Å². The number of thioether (sulfide) groups is 1. The molecule has 0 bridgehead atoms. The van der Waals surface area contributed by atoms with Crippen molar-refractivity contribution in [3.63, 3.8) is 0 Å². The summed E-state index contributed by atoms with van der Waals surface area (Å²) in [6.45, 7) is 5.67. The molecule has 132 valence electrons. The fourth-order valence-corrected chi connectivity index (χ4v) is 4.37. The van der Waals surface area contributed by atoms with Crippen molar-refractivity contribution in [2.24, 2.45) is 0 Å². The Labute approximate surface area is 152 Å². The second kappa shape index (κ2) is 7.05. The smallest absolute Gasteiger partial charge is 0.341 e. The summed E-state index contributed by atoms with van der Waals surface area (Å²) in [5.74, 6) is 2.59. The number of rotatable bonds is 5. The molecule has 0 fully saturated rings. The van der Waals surface area contributed by atoms with Crippen molar-refractivity contribution in [2.45, 2.75) is 32.3 Å². The lowest BCUT2D eigenvalue weighted by Gasteiger charge is -2.00. The van der Waals surface area contributed by atoms with Gasteiger partial charge in [0, 0.05) is 4.88 Å². The molecule has 0 saturated carbocycles. The van der Waals surface area contributed by atoms with E-state index in [-0.39, 0.29) is 5.56 Å². The number of thiophene rings is 1. The number of methoxy groups -OCH3 is 1. The van der Waals surface area contributed by atoms with Gasteiger partial charge in [-0.3, -0.25) is 4.79 Å². The van der Waals surface area contributed by atoms with E-state index < -0.39 is 5.97 Å². The molecule has 0 aliphatic carbocycles. The van der Waals surface area contributed by atoms with Gasteiger partial charge in [0.2, 0.25) is 0 Å². The van der Waals surface area contributed by atoms with Crippen molar-refractivity contribution in [2.75, 3.05) is 7.11 Å². The van der Waals surface area contributed by atoms with Crippen LogP contribution in [0.5, 0.6) is 0 Å². The molecule has 0 aliphatic heterocycles. The molecule has 0 aliphatic rings. The molecule has 3 rings (SSSR count). The first-order valence-electron chi connectivity index (χ1n) is 7.65. The van der Waals surface area contributed by atoms with E-state index in [1.54, 1.807) is 24.8 Å². The van der Waals surface area contributed by atoms with E-state index in [2.05, 4.69) is 9.97 Å². The molecule has 8 heteroatoms. The lowest BCUT2D eigenvalue weighted by Crippen LogP contribution is -2.10. The second-order valence-electron chi connectivity index (χ2n) is 5.64. The third kappa shape index (κ3) is 3.50. The summed E-state index contributed by atoms with van der Waals surface area (Å²) in [5.41, 5.74) is 1.34. The van der Waals surface area contributed by atoms with Gasteiger partial charge >= 0.3 is 5.97 Å². The fraction of sp³-hybridized carbons (Fsp3) is 0.353. The largest absolute Gasteiger partial charge is 0.465 e. The predicted octanol–water partition coefficient (Wildman–Crippen LogP) is 3.72. The molecular weight excluding hydrogens is 360 g/mol. The Morgan fingerprint density at radius 2 is 2.12 bits per heavy atom. The Morgan fingerprint density at radius 3 is 2.84 bits per heavy atom. The van der Waals surface area contributed by atoms with E-state index in [9.17, 15) is 9.59 Å². The van der Waals surface area contributed by atoms with Crippen LogP contribution in [0.2, 0.25) is 0 Å². The SMILES string of the molecule is COC(=O)c1cc(CSCc2nc3sc(C)c(C)c3c(=O)[nH]2)oc1C. The zero-order valence-electron chi connectivity index (χ0n) is 14.4. The molecule has 0 atom stereocenters. The van der Waals surface area contributed by atoms with Crippen molar-refractivity contribution in [3.8, 4) is 0 Å². The van der Waals surface area contributed by atoms with Gasteiger partial charge < -0.3 is 14.1 Å². The van der Waals surface area contributed by atoms with Gasteiger partial charge in [0.1, 0.15) is 27.7 Å². The zero-order chi connectivity index (χ0) is 18.1. The van der Waals surface area contributed by atoms with Crippen LogP contribution < -0.4 is 5.56 Å². The molecule has 25 heavy (non-hydrogen) atoms. The minimum atomic E-state index is -0.405. The Kier molecular flexibility index (Phi) is 5.01. The number of nitrogens with one attached hydrogen (secondary N) is 1. The second-order valence-corrected chi connectivity index (χ2v) is 7.83. The number of aromatic nitrogens is 2. The summed E-state index contributed by atoms with van der Waals surface area (Å²) >= 11 is 3.09. The van der Waals surface area contributed by atoms with E-state index in [0.717, 1.165) is 15.3 Å². The van der Waals surface area contributed by atoms with E-state index in [0.29, 0.717) is 39.8 Å². The molecule has 0 aromatic carbocycles. The van der Waals surface area contributed by atoms with Gasteiger partial charge in [0.05, 0.1) is 24.0 Å². The third-order valence-corrected chi connectivity index (χ3v) is 6.01. The average molecular weight is 378 g/mol. The van der Waals surface area contributed by atoms with Gasteiger partial charge in [0.15, 0.2) is 0 Å². The lowest BCUT2D eigenvalue weighted by molar-refractivity contribution is 0.0599. The highest BCUT2D eigenvalue weighted by Crippen LogP contribution is 2.27. The molecule has 0 spiro atoms. The van der Waals surface area contributed by atoms with Crippen LogP contribution in [0.15, 0.2) is 15.3 Å². The first kappa shape index (κ1) is 17.8. The standard InChI is InChI=1S/C17H18N2O4S2/c1-8-10(3)25-16-14(8)15(20)18-13(19-16)7-24-6-11-5-12(9(2)23-11)17(21)22-4/h5H,6-7H2,1-4H3,(H,18,19,20). The summed E-state index contributed by atoms with van der Waals surface area (Å²) in [5, 5.41) is 0.681. The Bertz CT molecular complexity index is 1000. The summed E-state index contributed by atoms with van der Waals surface area (Å²) in [6.07, 6.45) is 0. The first-order valence-corrected chi connectivity index (χ1v) is 9.62. The van der Waals surface area contributed by atoms with Crippen LogP contribution >= 0.6 is 23.1 Å². The molecule has 1 N–H and O–H groups in total. The normalized spacial score (nSPS) is 11.2. The summed E-state index contributed by atoms with van der Waals surface area (Å²) < 4.78 is 10.3. The van der Waals surface area contributed by atoms with E-state index >= 15 is 0 Å². The first-order chi connectivity index (χ1) is 11.9. The maximum atomic E-state index is 12.3. The van der Waals surface area contributed by atoms with Crippen molar-refractivity contribution >= 4 is 39.3 Å². The minimum absolute atomic E-state index is 0.0933. The molecule has 0 unspecified atom stereocenters. The van der Waals surface area contributed by atoms with Crippen LogP contribution in [0.1, 0.15) is 38.1 Å². The van der Waals surface area contributed by atoms with Crippen LogP contribution in [0, 0.1) is 20.8 Å². The topological polar surface area (TPSA) is 85.2 Å². The number of hydrogen-bond donors (Lipinski definition) is 1. The van der Waals surface area contributed by atoms with Gasteiger partial charge in [-0.1, -0.05) is 0 Å². The van der Waals surface area contributed by atoms with E-state index in [1.165, 1.54) is 18.4 Å².